The highest BCUT2D eigenvalue weighted by atomic mass is 32.2. The highest BCUT2D eigenvalue weighted by Crippen LogP contribution is 2.55. The Morgan fingerprint density at radius 1 is 0.871 bits per heavy atom. The molecule has 2 aromatic carbocycles. The summed E-state index contributed by atoms with van der Waals surface area (Å²) in [6, 6.07) is 10.5. The van der Waals surface area contributed by atoms with Gasteiger partial charge >= 0.3 is 12.6 Å². The second kappa shape index (κ2) is 7.46. The standard InChI is InChI=1S/C19H15F6N2O3S/c1-31(29,30)14-9-7-13(8-10-14)17-16(12-5-3-2-4-6-12)26-15(11-28)27(17,18(20,21)22)19(23,24)25/h2-10,28H,11H2,1H3/q+1. The Morgan fingerprint density at radius 2 is 1.39 bits per heavy atom. The predicted octanol–water partition coefficient (Wildman–Crippen LogP) is 4.18. The Bertz CT molecular complexity index is 1140. The molecule has 0 radical (unpaired) electrons. The van der Waals surface area contributed by atoms with Gasteiger partial charge in [0.15, 0.2) is 15.5 Å². The van der Waals surface area contributed by atoms with Crippen molar-refractivity contribution in [2.24, 2.45) is 4.99 Å². The van der Waals surface area contributed by atoms with Crippen LogP contribution in [0, 0.1) is 0 Å². The molecule has 2 aromatic rings. The van der Waals surface area contributed by atoms with Crippen LogP contribution >= 0.6 is 0 Å². The number of quaternary nitrogens is 1. The molecule has 5 nitrogen and oxygen atoms in total. The summed E-state index contributed by atoms with van der Waals surface area (Å²) in [7, 11) is -3.74. The largest absolute Gasteiger partial charge is 0.579 e. The third kappa shape index (κ3) is 3.64. The lowest BCUT2D eigenvalue weighted by molar-refractivity contribution is -0.990. The maximum atomic E-state index is 14.2. The van der Waals surface area contributed by atoms with E-state index in [2.05, 4.69) is 4.99 Å². The fraction of sp³-hybridized carbons (Fsp3) is 0.211. The molecule has 0 aromatic heterocycles. The fourth-order valence-corrected chi connectivity index (χ4v) is 3.99. The van der Waals surface area contributed by atoms with Crippen molar-refractivity contribution in [2.45, 2.75) is 17.5 Å². The Labute approximate surface area is 173 Å². The van der Waals surface area contributed by atoms with Crippen LogP contribution in [0.2, 0.25) is 0 Å². The predicted molar refractivity (Wildman–Crippen MR) is 99.7 cm³/mol. The summed E-state index contributed by atoms with van der Waals surface area (Å²) in [5, 5.41) is 9.46. The molecule has 0 atom stereocenters. The second-order valence-electron chi connectivity index (χ2n) is 6.65. The molecule has 0 fully saturated rings. The number of nitrogens with zero attached hydrogens (tertiary/aromatic N) is 2. The van der Waals surface area contributed by atoms with Crippen LogP contribution in [0.3, 0.4) is 0 Å². The minimum atomic E-state index is -5.96. The van der Waals surface area contributed by atoms with Gasteiger partial charge in [0.1, 0.15) is 12.3 Å². The maximum absolute atomic E-state index is 14.2. The molecular weight excluding hydrogens is 450 g/mol. The van der Waals surface area contributed by atoms with E-state index >= 15 is 0 Å². The van der Waals surface area contributed by atoms with Gasteiger partial charge in [-0.25, -0.2) is 8.42 Å². The SMILES string of the molecule is CS(=O)(=O)c1ccc(C2=C(c3ccccc3)N=C(CO)[N+]2(C(F)(F)F)C(F)(F)F)cc1. The average Bonchev–Trinajstić information content (AvgIpc) is 3.04. The number of aliphatic hydroxyl groups is 1. The van der Waals surface area contributed by atoms with Crippen LogP contribution in [-0.2, 0) is 9.84 Å². The molecule has 1 aliphatic rings. The fourth-order valence-electron chi connectivity index (χ4n) is 3.36. The Balaban J connectivity index is 2.44. The average molecular weight is 465 g/mol. The zero-order valence-electron chi connectivity index (χ0n) is 15.7. The van der Waals surface area contributed by atoms with E-state index in [1.54, 1.807) is 0 Å². The molecule has 0 amide bonds. The van der Waals surface area contributed by atoms with Crippen LogP contribution in [0.5, 0.6) is 0 Å². The summed E-state index contributed by atoms with van der Waals surface area (Å²) in [4.78, 5) is 3.27. The van der Waals surface area contributed by atoms with Crippen molar-refractivity contribution in [3.05, 3.63) is 65.7 Å². The topological polar surface area (TPSA) is 66.7 Å². The number of amidine groups is 1. The minimum absolute atomic E-state index is 0.0378. The summed E-state index contributed by atoms with van der Waals surface area (Å²) in [6.07, 6.45) is -11.1. The lowest BCUT2D eigenvalue weighted by Gasteiger charge is -2.36. The molecule has 0 saturated heterocycles. The molecule has 12 heteroatoms. The molecule has 0 aliphatic carbocycles. The number of aliphatic hydroxyl groups excluding tert-OH is 1. The summed E-state index contributed by atoms with van der Waals surface area (Å²) in [5.74, 6) is -1.57. The molecule has 1 N–H and O–H groups in total. The number of benzene rings is 2. The van der Waals surface area contributed by atoms with Gasteiger partial charge in [-0.1, -0.05) is 34.8 Å². The van der Waals surface area contributed by atoms with E-state index < -0.39 is 56.3 Å². The molecule has 0 spiro atoms. The molecular formula is C19H15F6N2O3S+. The van der Waals surface area contributed by atoms with Gasteiger partial charge < -0.3 is 5.11 Å². The normalized spacial score (nSPS) is 17.1. The summed E-state index contributed by atoms with van der Waals surface area (Å²) in [5.41, 5.74) is -2.50. The van der Waals surface area contributed by atoms with Crippen LogP contribution < -0.4 is 0 Å². The van der Waals surface area contributed by atoms with Gasteiger partial charge in [0, 0.05) is 17.4 Å². The van der Waals surface area contributed by atoms with Crippen molar-refractivity contribution in [1.82, 2.24) is 0 Å². The van der Waals surface area contributed by atoms with E-state index in [9.17, 15) is 39.9 Å². The Morgan fingerprint density at radius 3 is 1.81 bits per heavy atom. The van der Waals surface area contributed by atoms with Crippen molar-refractivity contribution in [3.63, 3.8) is 0 Å². The summed E-state index contributed by atoms with van der Waals surface area (Å²) in [6.45, 7) is -1.61. The first kappa shape index (κ1) is 23.0. The van der Waals surface area contributed by atoms with Gasteiger partial charge in [-0.3, -0.25) is 0 Å². The third-order valence-corrected chi connectivity index (χ3v) is 5.82. The van der Waals surface area contributed by atoms with Crippen molar-refractivity contribution in [1.29, 1.82) is 0 Å². The molecule has 31 heavy (non-hydrogen) atoms. The van der Waals surface area contributed by atoms with Gasteiger partial charge in [-0.15, -0.1) is 26.3 Å². The molecule has 3 rings (SSSR count). The van der Waals surface area contributed by atoms with Gasteiger partial charge in [-0.2, -0.15) is 4.99 Å². The smallest absolute Gasteiger partial charge is 0.384 e. The molecule has 0 bridgehead atoms. The van der Waals surface area contributed by atoms with Crippen molar-refractivity contribution in [2.75, 3.05) is 12.9 Å². The number of hydrogen-bond donors (Lipinski definition) is 1. The van der Waals surface area contributed by atoms with Crippen LogP contribution in [-0.4, -0.2) is 49.3 Å². The monoisotopic (exact) mass is 465 g/mol. The summed E-state index contributed by atoms with van der Waals surface area (Å²) < 4.78 is 105. The first-order valence-electron chi connectivity index (χ1n) is 8.57. The third-order valence-electron chi connectivity index (χ3n) is 4.69. The number of sulfone groups is 1. The van der Waals surface area contributed by atoms with E-state index in [-0.39, 0.29) is 10.5 Å². The van der Waals surface area contributed by atoms with E-state index in [0.717, 1.165) is 30.5 Å². The van der Waals surface area contributed by atoms with Crippen molar-refractivity contribution in [3.8, 4) is 0 Å². The highest BCUT2D eigenvalue weighted by molar-refractivity contribution is 7.90. The van der Waals surface area contributed by atoms with Crippen molar-refractivity contribution >= 4 is 27.1 Å². The van der Waals surface area contributed by atoms with Crippen LogP contribution in [0.25, 0.3) is 11.4 Å². The molecule has 0 unspecified atom stereocenters. The van der Waals surface area contributed by atoms with E-state index in [1.165, 1.54) is 30.3 Å². The molecule has 0 saturated carbocycles. The molecule has 166 valence electrons. The summed E-state index contributed by atoms with van der Waals surface area (Å²) >= 11 is 0. The van der Waals surface area contributed by atoms with E-state index in [0.29, 0.717) is 0 Å². The lowest BCUT2D eigenvalue weighted by atomic mass is 10.0. The first-order chi connectivity index (χ1) is 14.2. The second-order valence-corrected chi connectivity index (χ2v) is 8.67. The molecule has 1 aliphatic heterocycles. The maximum Gasteiger partial charge on any atom is 0.579 e. The number of halogens is 6. The van der Waals surface area contributed by atoms with Crippen LogP contribution in [0.4, 0.5) is 26.3 Å². The zero-order valence-corrected chi connectivity index (χ0v) is 16.6. The number of rotatable bonds is 4. The van der Waals surface area contributed by atoms with Crippen LogP contribution in [0.15, 0.2) is 64.5 Å². The lowest BCUT2D eigenvalue weighted by Crippen LogP contribution is -2.67. The number of alkyl halides is 6. The Kier molecular flexibility index (Phi) is 5.53. The van der Waals surface area contributed by atoms with Gasteiger partial charge in [0.25, 0.3) is 0 Å². The number of aliphatic imine (C=N–C) groups is 1. The van der Waals surface area contributed by atoms with E-state index in [1.807, 2.05) is 0 Å². The van der Waals surface area contributed by atoms with Gasteiger partial charge in [0.05, 0.1) is 4.90 Å². The molecule has 1 heterocycles. The highest BCUT2D eigenvalue weighted by Gasteiger charge is 2.79. The van der Waals surface area contributed by atoms with Gasteiger partial charge in [-0.05, 0) is 24.3 Å². The van der Waals surface area contributed by atoms with Crippen LogP contribution in [0.1, 0.15) is 11.1 Å². The minimum Gasteiger partial charge on any atom is -0.384 e. The van der Waals surface area contributed by atoms with E-state index in [4.69, 9.17) is 0 Å². The first-order valence-corrected chi connectivity index (χ1v) is 10.5. The Hall–Kier alpha value is -2.70. The quantitative estimate of drug-likeness (QED) is 0.419. The van der Waals surface area contributed by atoms with Gasteiger partial charge in [0.2, 0.25) is 5.84 Å². The number of hydrogen-bond acceptors (Lipinski definition) is 4. The van der Waals surface area contributed by atoms with Crippen molar-refractivity contribution < 1.29 is 44.3 Å². The zero-order chi connectivity index (χ0) is 23.2.